The van der Waals surface area contributed by atoms with E-state index in [-0.39, 0.29) is 17.3 Å². The Bertz CT molecular complexity index is 1120. The van der Waals surface area contributed by atoms with E-state index in [2.05, 4.69) is 29.7 Å². The maximum Gasteiger partial charge on any atom is 0.323 e. The zero-order valence-corrected chi connectivity index (χ0v) is 20.2. The summed E-state index contributed by atoms with van der Waals surface area (Å²) >= 11 is 1.59. The zero-order valence-electron chi connectivity index (χ0n) is 19.4. The Morgan fingerprint density at radius 1 is 0.971 bits per heavy atom. The van der Waals surface area contributed by atoms with Crippen molar-refractivity contribution in [2.75, 3.05) is 18.2 Å². The Balaban J connectivity index is 1.53. The van der Waals surface area contributed by atoms with E-state index in [0.717, 1.165) is 17.5 Å². The van der Waals surface area contributed by atoms with Crippen LogP contribution in [0.15, 0.2) is 78.9 Å². The van der Waals surface area contributed by atoms with Crippen LogP contribution in [0.5, 0.6) is 5.75 Å². The van der Waals surface area contributed by atoms with Crippen molar-refractivity contribution in [3.63, 3.8) is 0 Å². The van der Waals surface area contributed by atoms with Crippen LogP contribution < -0.4 is 15.4 Å². The summed E-state index contributed by atoms with van der Waals surface area (Å²) < 4.78 is 5.38. The molecule has 0 saturated carbocycles. The Kier molecular flexibility index (Phi) is 7.75. The normalized spacial score (nSPS) is 17.3. The molecular formula is C27H29N3O3S. The average molecular weight is 476 g/mol. The topological polar surface area (TPSA) is 70.7 Å². The van der Waals surface area contributed by atoms with Crippen molar-refractivity contribution in [3.05, 3.63) is 95.6 Å². The fourth-order valence-electron chi connectivity index (χ4n) is 3.96. The van der Waals surface area contributed by atoms with Gasteiger partial charge in [-0.3, -0.25) is 9.69 Å². The van der Waals surface area contributed by atoms with Crippen LogP contribution in [-0.2, 0) is 17.8 Å². The fourth-order valence-corrected chi connectivity index (χ4v) is 5.39. The molecule has 3 aromatic rings. The number of hydrogen-bond acceptors (Lipinski definition) is 4. The first-order chi connectivity index (χ1) is 16.6. The van der Waals surface area contributed by atoms with Crippen molar-refractivity contribution in [2.45, 2.75) is 31.3 Å². The Labute approximate surface area is 204 Å². The number of carbonyl (C=O) groups excluding carboxylic acids is 2. The zero-order chi connectivity index (χ0) is 23.9. The first kappa shape index (κ1) is 23.7. The van der Waals surface area contributed by atoms with Gasteiger partial charge in [0.15, 0.2) is 0 Å². The lowest BCUT2D eigenvalue weighted by Crippen LogP contribution is -2.49. The molecule has 1 saturated heterocycles. The van der Waals surface area contributed by atoms with E-state index in [1.165, 1.54) is 5.56 Å². The van der Waals surface area contributed by atoms with Gasteiger partial charge in [-0.2, -0.15) is 0 Å². The van der Waals surface area contributed by atoms with Crippen LogP contribution in [0.4, 0.5) is 10.5 Å². The van der Waals surface area contributed by atoms with Crippen LogP contribution in [0.2, 0.25) is 0 Å². The van der Waals surface area contributed by atoms with Gasteiger partial charge < -0.3 is 15.4 Å². The Hall–Kier alpha value is -3.45. The predicted molar refractivity (Wildman–Crippen MR) is 137 cm³/mol. The third-order valence-electron chi connectivity index (χ3n) is 5.87. The number of benzene rings is 3. The fraction of sp³-hybridized carbons (Fsp3) is 0.259. The molecule has 176 valence electrons. The van der Waals surface area contributed by atoms with Crippen molar-refractivity contribution in [1.82, 2.24) is 10.2 Å². The van der Waals surface area contributed by atoms with Crippen LogP contribution in [0.1, 0.15) is 29.0 Å². The number of para-hydroxylation sites is 2. The minimum Gasteiger partial charge on any atom is -0.495 e. The highest BCUT2D eigenvalue weighted by atomic mass is 32.2. The summed E-state index contributed by atoms with van der Waals surface area (Å²) in [6.07, 6.45) is 0.975. The summed E-state index contributed by atoms with van der Waals surface area (Å²) in [6, 6.07) is 24.3. The van der Waals surface area contributed by atoms with Crippen LogP contribution >= 0.6 is 11.8 Å². The molecule has 0 unspecified atom stereocenters. The molecule has 0 spiro atoms. The van der Waals surface area contributed by atoms with Gasteiger partial charge in [-0.1, -0.05) is 73.7 Å². The number of rotatable bonds is 7. The number of nitrogens with one attached hydrogen (secondary N) is 2. The van der Waals surface area contributed by atoms with Gasteiger partial charge >= 0.3 is 6.03 Å². The number of methoxy groups -OCH3 is 1. The SMILES string of the molecule is CCc1ccc(CNC(=O)[C@H]2CS[C@@H](c3ccccc3)N2C(=O)Nc2ccccc2OC)cc1. The molecule has 7 heteroatoms. The minimum absolute atomic E-state index is 0.166. The number of nitrogens with zero attached hydrogens (tertiary/aromatic N) is 1. The second-order valence-corrected chi connectivity index (χ2v) is 9.15. The predicted octanol–water partition coefficient (Wildman–Crippen LogP) is 5.22. The van der Waals surface area contributed by atoms with Crippen LogP contribution in [0.3, 0.4) is 0 Å². The molecule has 1 heterocycles. The number of amides is 3. The van der Waals surface area contributed by atoms with Gasteiger partial charge in [-0.05, 0) is 35.2 Å². The highest BCUT2D eigenvalue weighted by molar-refractivity contribution is 7.99. The smallest absolute Gasteiger partial charge is 0.323 e. The molecular weight excluding hydrogens is 446 g/mol. The van der Waals surface area contributed by atoms with Crippen molar-refractivity contribution in [1.29, 1.82) is 0 Å². The quantitative estimate of drug-likeness (QED) is 0.491. The monoisotopic (exact) mass is 475 g/mol. The molecule has 3 aromatic carbocycles. The first-order valence-corrected chi connectivity index (χ1v) is 12.4. The molecule has 1 fully saturated rings. The van der Waals surface area contributed by atoms with E-state index < -0.39 is 6.04 Å². The third-order valence-corrected chi connectivity index (χ3v) is 7.19. The van der Waals surface area contributed by atoms with Crippen molar-refractivity contribution in [3.8, 4) is 5.75 Å². The molecule has 0 radical (unpaired) electrons. The van der Waals surface area contributed by atoms with Crippen LogP contribution in [-0.4, -0.2) is 35.7 Å². The maximum absolute atomic E-state index is 13.5. The van der Waals surface area contributed by atoms with Gasteiger partial charge in [0.25, 0.3) is 0 Å². The summed E-state index contributed by atoms with van der Waals surface area (Å²) in [7, 11) is 1.56. The number of carbonyl (C=O) groups is 2. The molecule has 0 aliphatic carbocycles. The van der Waals surface area contributed by atoms with Crippen LogP contribution in [0.25, 0.3) is 0 Å². The molecule has 0 aromatic heterocycles. The molecule has 0 bridgehead atoms. The van der Waals surface area contributed by atoms with E-state index in [1.54, 1.807) is 35.9 Å². The standard InChI is InChI=1S/C27H29N3O3S/c1-3-19-13-15-20(16-14-19)17-28-25(31)23-18-34-26(21-9-5-4-6-10-21)30(23)27(32)29-22-11-7-8-12-24(22)33-2/h4-16,23,26H,3,17-18H2,1-2H3,(H,28,31)(H,29,32)/t23-,26+/m1/s1. The van der Waals surface area contributed by atoms with E-state index in [1.807, 2.05) is 54.6 Å². The lowest BCUT2D eigenvalue weighted by Gasteiger charge is -2.29. The van der Waals surface area contributed by atoms with E-state index in [4.69, 9.17) is 4.74 Å². The third kappa shape index (κ3) is 5.37. The Morgan fingerprint density at radius 2 is 1.65 bits per heavy atom. The molecule has 1 aliphatic heterocycles. The van der Waals surface area contributed by atoms with Gasteiger partial charge in [0.2, 0.25) is 5.91 Å². The summed E-state index contributed by atoms with van der Waals surface area (Å²) in [5, 5.41) is 5.70. The number of thioether (sulfide) groups is 1. The van der Waals surface area contributed by atoms with Gasteiger partial charge in [0, 0.05) is 12.3 Å². The number of hydrogen-bond donors (Lipinski definition) is 2. The number of ether oxygens (including phenoxy) is 1. The van der Waals surface area contributed by atoms with Gasteiger partial charge in [-0.25, -0.2) is 4.79 Å². The molecule has 4 rings (SSSR count). The highest BCUT2D eigenvalue weighted by Gasteiger charge is 2.42. The average Bonchev–Trinajstić information content (AvgIpc) is 3.34. The van der Waals surface area contributed by atoms with Crippen LogP contribution in [0, 0.1) is 0 Å². The molecule has 6 nitrogen and oxygen atoms in total. The molecule has 2 atom stereocenters. The highest BCUT2D eigenvalue weighted by Crippen LogP contribution is 2.42. The van der Waals surface area contributed by atoms with Gasteiger partial charge in [0.05, 0.1) is 12.8 Å². The first-order valence-electron chi connectivity index (χ1n) is 11.3. The van der Waals surface area contributed by atoms with Crippen molar-refractivity contribution < 1.29 is 14.3 Å². The lowest BCUT2D eigenvalue weighted by atomic mass is 10.1. The van der Waals surface area contributed by atoms with Gasteiger partial charge in [-0.15, -0.1) is 11.8 Å². The van der Waals surface area contributed by atoms with Gasteiger partial charge in [0.1, 0.15) is 17.2 Å². The molecule has 1 aliphatic rings. The summed E-state index contributed by atoms with van der Waals surface area (Å²) in [6.45, 7) is 2.53. The van der Waals surface area contributed by atoms with Crippen molar-refractivity contribution >= 4 is 29.4 Å². The van der Waals surface area contributed by atoms with Crippen molar-refractivity contribution in [2.24, 2.45) is 0 Å². The second-order valence-electron chi connectivity index (χ2n) is 8.04. The minimum atomic E-state index is -0.597. The largest absolute Gasteiger partial charge is 0.495 e. The number of urea groups is 1. The summed E-state index contributed by atoms with van der Waals surface area (Å²) in [4.78, 5) is 28.4. The maximum atomic E-state index is 13.5. The van der Waals surface area contributed by atoms with E-state index >= 15 is 0 Å². The summed E-state index contributed by atoms with van der Waals surface area (Å²) in [5.74, 6) is 0.913. The molecule has 2 N–H and O–H groups in total. The van der Waals surface area contributed by atoms with E-state index in [9.17, 15) is 9.59 Å². The second kappa shape index (κ2) is 11.1. The number of anilines is 1. The summed E-state index contributed by atoms with van der Waals surface area (Å²) in [5.41, 5.74) is 3.83. The molecule has 3 amide bonds. The number of aryl methyl sites for hydroxylation is 1. The molecule has 34 heavy (non-hydrogen) atoms. The lowest BCUT2D eigenvalue weighted by molar-refractivity contribution is -0.124. The Morgan fingerprint density at radius 3 is 2.35 bits per heavy atom. The van der Waals surface area contributed by atoms with E-state index in [0.29, 0.717) is 23.7 Å².